The van der Waals surface area contributed by atoms with Crippen molar-refractivity contribution in [2.24, 2.45) is 11.8 Å². The zero-order valence-electron chi connectivity index (χ0n) is 11.9. The van der Waals surface area contributed by atoms with Crippen LogP contribution in [0.15, 0.2) is 24.3 Å². The molecule has 3 rings (SSSR count). The SMILES string of the molecule is CC1CCNCC1NC(=O)C1COc2ccccc2C1. The van der Waals surface area contributed by atoms with Gasteiger partial charge in [0.25, 0.3) is 0 Å². The van der Waals surface area contributed by atoms with E-state index in [4.69, 9.17) is 4.74 Å². The average molecular weight is 274 g/mol. The predicted octanol–water partition coefficient (Wildman–Crippen LogP) is 1.35. The van der Waals surface area contributed by atoms with E-state index in [1.807, 2.05) is 24.3 Å². The second-order valence-corrected chi connectivity index (χ2v) is 5.90. The van der Waals surface area contributed by atoms with Gasteiger partial charge in [0, 0.05) is 12.6 Å². The van der Waals surface area contributed by atoms with Gasteiger partial charge in [0.15, 0.2) is 0 Å². The first kappa shape index (κ1) is 13.4. The number of amides is 1. The van der Waals surface area contributed by atoms with E-state index in [9.17, 15) is 4.79 Å². The maximum Gasteiger partial charge on any atom is 0.227 e. The fourth-order valence-corrected chi connectivity index (χ4v) is 2.98. The zero-order chi connectivity index (χ0) is 13.9. The highest BCUT2D eigenvalue weighted by Gasteiger charge is 2.29. The van der Waals surface area contributed by atoms with E-state index < -0.39 is 0 Å². The lowest BCUT2D eigenvalue weighted by molar-refractivity contribution is -0.127. The van der Waals surface area contributed by atoms with Crippen LogP contribution in [0.1, 0.15) is 18.9 Å². The van der Waals surface area contributed by atoms with Gasteiger partial charge in [-0.25, -0.2) is 0 Å². The van der Waals surface area contributed by atoms with E-state index >= 15 is 0 Å². The Balaban J connectivity index is 1.61. The Hall–Kier alpha value is -1.55. The van der Waals surface area contributed by atoms with Crippen LogP contribution in [0.3, 0.4) is 0 Å². The summed E-state index contributed by atoms with van der Waals surface area (Å²) in [6.45, 7) is 4.61. The second kappa shape index (κ2) is 5.83. The molecule has 1 aromatic rings. The number of nitrogens with one attached hydrogen (secondary N) is 2. The molecule has 0 aromatic heterocycles. The predicted molar refractivity (Wildman–Crippen MR) is 77.7 cm³/mol. The van der Waals surface area contributed by atoms with Crippen molar-refractivity contribution < 1.29 is 9.53 Å². The second-order valence-electron chi connectivity index (χ2n) is 5.90. The van der Waals surface area contributed by atoms with E-state index in [1.54, 1.807) is 0 Å². The molecular formula is C16H22N2O2. The van der Waals surface area contributed by atoms with Crippen molar-refractivity contribution in [2.45, 2.75) is 25.8 Å². The number of hydrogen-bond donors (Lipinski definition) is 2. The summed E-state index contributed by atoms with van der Waals surface area (Å²) in [5.41, 5.74) is 1.13. The van der Waals surface area contributed by atoms with Crippen LogP contribution in [0.4, 0.5) is 0 Å². The highest BCUT2D eigenvalue weighted by Crippen LogP contribution is 2.27. The van der Waals surface area contributed by atoms with Gasteiger partial charge >= 0.3 is 0 Å². The molecule has 2 aliphatic rings. The van der Waals surface area contributed by atoms with E-state index in [0.717, 1.165) is 37.2 Å². The summed E-state index contributed by atoms with van der Waals surface area (Å²) >= 11 is 0. The van der Waals surface area contributed by atoms with Gasteiger partial charge in [0.2, 0.25) is 5.91 Å². The van der Waals surface area contributed by atoms with Gasteiger partial charge in [0.1, 0.15) is 12.4 Å². The van der Waals surface area contributed by atoms with Crippen molar-refractivity contribution in [3.63, 3.8) is 0 Å². The summed E-state index contributed by atoms with van der Waals surface area (Å²) in [6, 6.07) is 8.22. The fraction of sp³-hybridized carbons (Fsp3) is 0.562. The van der Waals surface area contributed by atoms with Crippen LogP contribution in [-0.4, -0.2) is 31.6 Å². The summed E-state index contributed by atoms with van der Waals surface area (Å²) in [4.78, 5) is 12.4. The van der Waals surface area contributed by atoms with E-state index in [2.05, 4.69) is 17.6 Å². The Morgan fingerprint density at radius 1 is 1.40 bits per heavy atom. The van der Waals surface area contributed by atoms with Crippen molar-refractivity contribution in [3.05, 3.63) is 29.8 Å². The molecule has 3 atom stereocenters. The molecule has 3 unspecified atom stereocenters. The van der Waals surface area contributed by atoms with Gasteiger partial charge in [0.05, 0.1) is 5.92 Å². The first-order chi connectivity index (χ1) is 9.74. The van der Waals surface area contributed by atoms with Crippen molar-refractivity contribution in [3.8, 4) is 5.75 Å². The molecule has 2 N–H and O–H groups in total. The van der Waals surface area contributed by atoms with Crippen LogP contribution >= 0.6 is 0 Å². The standard InChI is InChI=1S/C16H22N2O2/c1-11-6-7-17-9-14(11)18-16(19)13-8-12-4-2-3-5-15(12)20-10-13/h2-5,11,13-14,17H,6-10H2,1H3,(H,18,19). The van der Waals surface area contributed by atoms with E-state index in [0.29, 0.717) is 12.5 Å². The summed E-state index contributed by atoms with van der Waals surface area (Å²) < 4.78 is 5.70. The molecule has 4 nitrogen and oxygen atoms in total. The molecule has 2 heterocycles. The molecule has 1 aromatic carbocycles. The normalized spacial score (nSPS) is 29.1. The van der Waals surface area contributed by atoms with Crippen LogP contribution in [0, 0.1) is 11.8 Å². The zero-order valence-corrected chi connectivity index (χ0v) is 11.9. The number of benzene rings is 1. The molecule has 108 valence electrons. The first-order valence-corrected chi connectivity index (χ1v) is 7.46. The van der Waals surface area contributed by atoms with Crippen LogP contribution in [0.2, 0.25) is 0 Å². The van der Waals surface area contributed by atoms with Crippen molar-refractivity contribution in [2.75, 3.05) is 19.7 Å². The molecule has 2 aliphatic heterocycles. The lowest BCUT2D eigenvalue weighted by Crippen LogP contribution is -2.52. The molecular weight excluding hydrogens is 252 g/mol. The molecule has 0 spiro atoms. The number of ether oxygens (including phenoxy) is 1. The maximum absolute atomic E-state index is 12.4. The van der Waals surface area contributed by atoms with Crippen LogP contribution in [-0.2, 0) is 11.2 Å². The lowest BCUT2D eigenvalue weighted by atomic mass is 9.92. The number of para-hydroxylation sites is 1. The Kier molecular flexibility index (Phi) is 3.92. The van der Waals surface area contributed by atoms with Crippen LogP contribution < -0.4 is 15.4 Å². The van der Waals surface area contributed by atoms with Crippen molar-refractivity contribution >= 4 is 5.91 Å². The van der Waals surface area contributed by atoms with Gasteiger partial charge in [-0.3, -0.25) is 4.79 Å². The topological polar surface area (TPSA) is 50.4 Å². The minimum absolute atomic E-state index is 0.0703. The molecule has 20 heavy (non-hydrogen) atoms. The minimum Gasteiger partial charge on any atom is -0.492 e. The van der Waals surface area contributed by atoms with Crippen molar-refractivity contribution in [1.29, 1.82) is 0 Å². The fourth-order valence-electron chi connectivity index (χ4n) is 2.98. The van der Waals surface area contributed by atoms with Crippen LogP contribution in [0.5, 0.6) is 5.75 Å². The van der Waals surface area contributed by atoms with Gasteiger partial charge in [-0.15, -0.1) is 0 Å². The number of fused-ring (bicyclic) bond motifs is 1. The number of carbonyl (C=O) groups is 1. The van der Waals surface area contributed by atoms with Gasteiger partial charge in [-0.05, 0) is 36.9 Å². The molecule has 1 saturated heterocycles. The number of piperidine rings is 1. The number of carbonyl (C=O) groups excluding carboxylic acids is 1. The molecule has 4 heteroatoms. The third kappa shape index (κ3) is 2.80. The average Bonchev–Trinajstić information content (AvgIpc) is 2.49. The Labute approximate surface area is 119 Å². The molecule has 1 fully saturated rings. The molecule has 0 radical (unpaired) electrons. The van der Waals surface area contributed by atoms with E-state index in [-0.39, 0.29) is 17.9 Å². The summed E-state index contributed by atoms with van der Waals surface area (Å²) in [7, 11) is 0. The molecule has 0 bridgehead atoms. The number of rotatable bonds is 2. The minimum atomic E-state index is -0.0703. The third-order valence-electron chi connectivity index (χ3n) is 4.40. The largest absolute Gasteiger partial charge is 0.492 e. The molecule has 1 amide bonds. The Morgan fingerprint density at radius 2 is 2.25 bits per heavy atom. The molecule has 0 saturated carbocycles. The third-order valence-corrected chi connectivity index (χ3v) is 4.40. The Morgan fingerprint density at radius 3 is 3.10 bits per heavy atom. The molecule has 0 aliphatic carbocycles. The highest BCUT2D eigenvalue weighted by atomic mass is 16.5. The van der Waals surface area contributed by atoms with E-state index in [1.165, 1.54) is 0 Å². The summed E-state index contributed by atoms with van der Waals surface area (Å²) in [5.74, 6) is 1.51. The highest BCUT2D eigenvalue weighted by molar-refractivity contribution is 5.80. The smallest absolute Gasteiger partial charge is 0.227 e. The Bertz CT molecular complexity index is 489. The summed E-state index contributed by atoms with van der Waals surface area (Å²) in [6.07, 6.45) is 1.89. The van der Waals surface area contributed by atoms with Crippen LogP contribution in [0.25, 0.3) is 0 Å². The summed E-state index contributed by atoms with van der Waals surface area (Å²) in [5, 5.41) is 6.53. The monoisotopic (exact) mass is 274 g/mol. The maximum atomic E-state index is 12.4. The van der Waals surface area contributed by atoms with Crippen molar-refractivity contribution in [1.82, 2.24) is 10.6 Å². The quantitative estimate of drug-likeness (QED) is 0.856. The lowest BCUT2D eigenvalue weighted by Gasteiger charge is -2.32. The van der Waals surface area contributed by atoms with Gasteiger partial charge in [-0.1, -0.05) is 25.1 Å². The van der Waals surface area contributed by atoms with Gasteiger partial charge < -0.3 is 15.4 Å². The first-order valence-electron chi connectivity index (χ1n) is 7.46. The van der Waals surface area contributed by atoms with Gasteiger partial charge in [-0.2, -0.15) is 0 Å². The number of hydrogen-bond acceptors (Lipinski definition) is 3.